The second-order valence-electron chi connectivity index (χ2n) is 6.68. The number of aromatic nitrogens is 5. The van der Waals surface area contributed by atoms with E-state index in [1.807, 2.05) is 0 Å². The molecule has 0 aliphatic carbocycles. The number of hydrogen-bond acceptors (Lipinski definition) is 15. The van der Waals surface area contributed by atoms with Crippen LogP contribution < -0.4 is 51.1 Å². The molecule has 0 spiro atoms. The number of amides is 2. The number of thiazole rings is 1. The van der Waals surface area contributed by atoms with Crippen LogP contribution in [0.4, 0.5) is 5.13 Å². The van der Waals surface area contributed by atoms with Crippen molar-refractivity contribution in [2.24, 2.45) is 5.16 Å². The number of nitrogens with one attached hydrogen (secondary N) is 2. The molecule has 4 heterocycles. The molecule has 0 saturated carbocycles. The first-order valence-electron chi connectivity index (χ1n) is 9.46. The number of nitrogens with zero attached hydrogens (tertiary/aromatic N) is 7. The molecule has 1 fully saturated rings. The van der Waals surface area contributed by atoms with Gasteiger partial charge in [0, 0.05) is 23.9 Å². The summed E-state index contributed by atoms with van der Waals surface area (Å²) in [6, 6.07) is -0.962. The number of anilines is 1. The molecule has 0 unspecified atom stereocenters. The number of thioether (sulfide) groups is 2. The minimum absolute atomic E-state index is 0. The number of carboxylic acid groups (broad SMARTS) is 1. The van der Waals surface area contributed by atoms with Gasteiger partial charge in [0.05, 0.1) is 11.7 Å². The first-order valence-corrected chi connectivity index (χ1v) is 12.4. The van der Waals surface area contributed by atoms with Gasteiger partial charge >= 0.3 is 29.6 Å². The Morgan fingerprint density at radius 2 is 2.23 bits per heavy atom. The Labute approximate surface area is 232 Å². The molecule has 2 atom stereocenters. The molecule has 2 aromatic heterocycles. The van der Waals surface area contributed by atoms with E-state index in [0.717, 1.165) is 16.2 Å². The number of β-lactam (4-membered cyclic amide) rings is 1. The molecule has 19 heteroatoms. The van der Waals surface area contributed by atoms with Gasteiger partial charge in [-0.1, -0.05) is 22.0 Å². The number of hydrogen-bond donors (Lipinski definition) is 3. The molecular formula is C16H17N10NaO5S3. The molecule has 0 bridgehead atoms. The average molecular weight is 549 g/mol. The van der Waals surface area contributed by atoms with E-state index in [1.165, 1.54) is 40.8 Å². The van der Waals surface area contributed by atoms with Crippen LogP contribution in [-0.2, 0) is 19.2 Å². The number of tetrazole rings is 1. The van der Waals surface area contributed by atoms with E-state index in [2.05, 4.69) is 36.4 Å². The molecule has 180 valence electrons. The van der Waals surface area contributed by atoms with Crippen molar-refractivity contribution in [1.82, 2.24) is 35.5 Å². The molecule has 1 saturated heterocycles. The molecule has 15 nitrogen and oxygen atoms in total. The second-order valence-corrected chi connectivity index (χ2v) is 9.62. The number of aliphatic carboxylic acids is 1. The van der Waals surface area contributed by atoms with Gasteiger partial charge in [0.15, 0.2) is 10.8 Å². The third-order valence-corrected chi connectivity index (χ3v) is 7.74. The van der Waals surface area contributed by atoms with Gasteiger partial charge in [-0.05, 0) is 16.0 Å². The summed E-state index contributed by atoms with van der Waals surface area (Å²) in [5.41, 5.74) is 8.69. The van der Waals surface area contributed by atoms with Crippen LogP contribution >= 0.6 is 34.9 Å². The fourth-order valence-corrected chi connectivity index (χ4v) is 6.15. The van der Waals surface area contributed by atoms with Crippen LogP contribution in [0.2, 0.25) is 0 Å². The van der Waals surface area contributed by atoms with Crippen molar-refractivity contribution < 1.29 is 53.9 Å². The number of carbonyl (C=O) groups is 3. The van der Waals surface area contributed by atoms with Crippen molar-refractivity contribution in [2.75, 3.05) is 36.8 Å². The molecular weight excluding hydrogens is 531 g/mol. The Balaban J connectivity index is 0.00000342. The molecule has 4 N–H and O–H groups in total. The molecule has 2 aliphatic rings. The summed E-state index contributed by atoms with van der Waals surface area (Å²) in [6.45, 7) is 0. The summed E-state index contributed by atoms with van der Waals surface area (Å²) in [7, 11) is 2.90. The van der Waals surface area contributed by atoms with Crippen LogP contribution in [-0.4, -0.2) is 90.8 Å². The summed E-state index contributed by atoms with van der Waals surface area (Å²) < 4.78 is 0. The number of carboxylic acids is 1. The van der Waals surface area contributed by atoms with E-state index in [9.17, 15) is 19.5 Å². The first kappa shape index (κ1) is 27.2. The fourth-order valence-electron chi connectivity index (χ4n) is 3.25. The largest absolute Gasteiger partial charge is 1.00 e. The third-order valence-electron chi connectivity index (χ3n) is 4.72. The van der Waals surface area contributed by atoms with Crippen LogP contribution in [0.25, 0.3) is 0 Å². The van der Waals surface area contributed by atoms with Gasteiger partial charge in [0.2, 0.25) is 5.16 Å². The van der Waals surface area contributed by atoms with E-state index in [0.29, 0.717) is 16.5 Å². The fraction of sp³-hybridized carbons (Fsp3) is 0.375. The smallest absolute Gasteiger partial charge is 0.543 e. The van der Waals surface area contributed by atoms with Crippen molar-refractivity contribution in [3.63, 3.8) is 0 Å². The molecule has 2 aliphatic heterocycles. The molecule has 0 radical (unpaired) electrons. The first-order chi connectivity index (χ1) is 16.3. The van der Waals surface area contributed by atoms with Crippen LogP contribution in [0.3, 0.4) is 0 Å². The van der Waals surface area contributed by atoms with Gasteiger partial charge in [0.25, 0.3) is 11.8 Å². The van der Waals surface area contributed by atoms with Crippen molar-refractivity contribution in [1.29, 1.82) is 0 Å². The van der Waals surface area contributed by atoms with Gasteiger partial charge in [-0.25, -0.2) is 4.98 Å². The third kappa shape index (κ3) is 5.41. The summed E-state index contributed by atoms with van der Waals surface area (Å²) in [5, 5.41) is 30.9. The van der Waals surface area contributed by atoms with Gasteiger partial charge < -0.3 is 31.2 Å². The van der Waals surface area contributed by atoms with E-state index >= 15 is 0 Å². The zero-order valence-corrected chi connectivity index (χ0v) is 23.1. The van der Waals surface area contributed by atoms with Gasteiger partial charge in [-0.15, -0.1) is 27.9 Å². The maximum Gasteiger partial charge on any atom is 1.00 e. The predicted molar refractivity (Wildman–Crippen MR) is 121 cm³/mol. The Kier molecular flexibility index (Phi) is 9.00. The van der Waals surface area contributed by atoms with Crippen molar-refractivity contribution in [3.8, 4) is 0 Å². The zero-order chi connectivity index (χ0) is 24.4. The molecule has 4 rings (SSSR count). The standard InChI is InChI=1S/C16H18N10O5S3.Na/c1-18-26-16(21-23-24-26)34-4-6-3-32-13-9(12(28)25(13)10(6)14(29)30)20-11(27)8(22-31-2)7-5-33-15(17)19-7;/h5,9,13,18H,3-4H2,1-2H3,(H2,17,19)(H,20,27)(H,29,30);/q;+1/p-1/b22-8+;/t9-,13-;/m1./s1. The van der Waals surface area contributed by atoms with Crippen molar-refractivity contribution >= 4 is 63.5 Å². The molecule has 2 amide bonds. The summed E-state index contributed by atoms with van der Waals surface area (Å²) in [6.07, 6.45) is 0. The second kappa shape index (κ2) is 11.6. The quantitative estimate of drug-likeness (QED) is 0.0880. The van der Waals surface area contributed by atoms with Crippen LogP contribution in [0.15, 0.2) is 27.0 Å². The van der Waals surface area contributed by atoms with Crippen molar-refractivity contribution in [3.05, 3.63) is 22.3 Å². The number of nitrogens with two attached hydrogens (primary N) is 1. The van der Waals surface area contributed by atoms with E-state index in [1.54, 1.807) is 7.05 Å². The topological polar surface area (TPSA) is 206 Å². The minimum Gasteiger partial charge on any atom is -0.543 e. The van der Waals surface area contributed by atoms with E-state index in [-0.39, 0.29) is 57.5 Å². The van der Waals surface area contributed by atoms with E-state index < -0.39 is 29.2 Å². The number of oxime groups is 1. The van der Waals surface area contributed by atoms with Crippen LogP contribution in [0.5, 0.6) is 0 Å². The number of nitrogen functional groups attached to an aromatic ring is 1. The Morgan fingerprint density at radius 3 is 2.86 bits per heavy atom. The van der Waals surface area contributed by atoms with Gasteiger partial charge in [-0.2, -0.15) is 0 Å². The normalized spacial score (nSPS) is 19.4. The van der Waals surface area contributed by atoms with Gasteiger partial charge in [-0.3, -0.25) is 14.5 Å². The Morgan fingerprint density at radius 1 is 1.46 bits per heavy atom. The number of fused-ring (bicyclic) bond motifs is 1. The monoisotopic (exact) mass is 548 g/mol. The summed E-state index contributed by atoms with van der Waals surface area (Å²) in [5.74, 6) is -2.24. The predicted octanol–water partition coefficient (Wildman–Crippen LogP) is -5.56. The maximum absolute atomic E-state index is 12.9. The minimum atomic E-state index is -1.48. The van der Waals surface area contributed by atoms with E-state index in [4.69, 9.17) is 10.6 Å². The zero-order valence-electron chi connectivity index (χ0n) is 18.6. The van der Waals surface area contributed by atoms with Crippen LogP contribution in [0.1, 0.15) is 5.69 Å². The number of carbonyl (C=O) groups excluding carboxylic acids is 3. The van der Waals surface area contributed by atoms with Gasteiger partial charge in [0.1, 0.15) is 24.2 Å². The maximum atomic E-state index is 12.9. The average Bonchev–Trinajstić information content (AvgIpc) is 3.46. The molecule has 35 heavy (non-hydrogen) atoms. The molecule has 0 aromatic carbocycles. The summed E-state index contributed by atoms with van der Waals surface area (Å²) >= 11 is 3.64. The SMILES string of the molecule is CNn1nnnc1SCC1=C(C(=O)[O-])N2C(=O)[C@@H](NC(=O)/C(=N/OC)c3csc(N)n3)[C@H]2SC1.[Na+]. The van der Waals surface area contributed by atoms with Crippen LogP contribution in [0, 0.1) is 0 Å². The molecule has 2 aromatic rings. The summed E-state index contributed by atoms with van der Waals surface area (Å²) in [4.78, 5) is 48.8. The Hall–Kier alpha value is -2.38. The van der Waals surface area contributed by atoms with Crippen molar-refractivity contribution in [2.45, 2.75) is 16.6 Å². The Bertz CT molecular complexity index is 1200. The number of rotatable bonds is 9.